The summed E-state index contributed by atoms with van der Waals surface area (Å²) >= 11 is 0. The third-order valence-electron chi connectivity index (χ3n) is 5.93. The number of piperazine rings is 1. The van der Waals surface area contributed by atoms with Crippen LogP contribution in [0.5, 0.6) is 0 Å². The van der Waals surface area contributed by atoms with Crippen molar-refractivity contribution in [1.29, 1.82) is 0 Å². The number of methoxy groups -OCH3 is 1. The maximum atomic E-state index is 12.3. The standard InChI is InChI=1S/C20H26N8O2/c1-30-13-16-12-18(28-20(23-16)21-14-22-28)26-8-5-25(6-9-26)7-10-27-19(29)11-15-3-2-4-17(15)24-27/h11-12,14H,2-10,13H2,1H3. The van der Waals surface area contributed by atoms with Gasteiger partial charge >= 0.3 is 0 Å². The molecule has 0 N–H and O–H groups in total. The minimum atomic E-state index is 0.0188. The summed E-state index contributed by atoms with van der Waals surface area (Å²) in [6.45, 7) is 5.47. The fourth-order valence-electron chi connectivity index (χ4n) is 4.33. The molecule has 0 unspecified atom stereocenters. The highest BCUT2D eigenvalue weighted by Gasteiger charge is 2.21. The van der Waals surface area contributed by atoms with Gasteiger partial charge in [-0.05, 0) is 24.8 Å². The van der Waals surface area contributed by atoms with Crippen molar-refractivity contribution in [2.75, 3.05) is 44.7 Å². The second kappa shape index (κ2) is 8.11. The Hall–Kier alpha value is -2.85. The molecular formula is C20H26N8O2. The van der Waals surface area contributed by atoms with E-state index in [9.17, 15) is 4.79 Å². The number of hydrogen-bond donors (Lipinski definition) is 0. The summed E-state index contributed by atoms with van der Waals surface area (Å²) in [6, 6.07) is 3.80. The Balaban J connectivity index is 1.24. The van der Waals surface area contributed by atoms with Gasteiger partial charge in [0.1, 0.15) is 12.1 Å². The lowest BCUT2D eigenvalue weighted by atomic mass is 10.2. The molecule has 158 valence electrons. The van der Waals surface area contributed by atoms with Gasteiger partial charge in [0.05, 0.1) is 24.5 Å². The highest BCUT2D eigenvalue weighted by Crippen LogP contribution is 2.19. The molecule has 1 saturated heterocycles. The molecule has 30 heavy (non-hydrogen) atoms. The van der Waals surface area contributed by atoms with Crippen molar-refractivity contribution in [1.82, 2.24) is 34.3 Å². The van der Waals surface area contributed by atoms with Gasteiger partial charge < -0.3 is 9.64 Å². The average molecular weight is 410 g/mol. The summed E-state index contributed by atoms with van der Waals surface area (Å²) in [4.78, 5) is 25.7. The molecule has 0 radical (unpaired) electrons. The maximum Gasteiger partial charge on any atom is 0.267 e. The van der Waals surface area contributed by atoms with E-state index in [-0.39, 0.29) is 5.56 Å². The molecule has 1 fully saturated rings. The normalized spacial score (nSPS) is 17.0. The maximum absolute atomic E-state index is 12.3. The molecule has 0 amide bonds. The predicted molar refractivity (Wildman–Crippen MR) is 111 cm³/mol. The molecule has 0 aromatic carbocycles. The zero-order valence-electron chi connectivity index (χ0n) is 17.2. The van der Waals surface area contributed by atoms with Gasteiger partial charge in [-0.15, -0.1) is 0 Å². The van der Waals surface area contributed by atoms with Crippen molar-refractivity contribution in [3.63, 3.8) is 0 Å². The van der Waals surface area contributed by atoms with Gasteiger partial charge in [-0.3, -0.25) is 9.69 Å². The van der Waals surface area contributed by atoms with Crippen molar-refractivity contribution in [3.8, 4) is 0 Å². The second-order valence-corrected chi connectivity index (χ2v) is 7.87. The molecule has 10 heteroatoms. The van der Waals surface area contributed by atoms with Crippen LogP contribution in [-0.2, 0) is 30.7 Å². The van der Waals surface area contributed by atoms with Gasteiger partial charge in [0, 0.05) is 52.0 Å². The van der Waals surface area contributed by atoms with E-state index in [1.54, 1.807) is 22.4 Å². The van der Waals surface area contributed by atoms with Crippen LogP contribution in [0.4, 0.5) is 5.82 Å². The third kappa shape index (κ3) is 3.68. The summed E-state index contributed by atoms with van der Waals surface area (Å²) in [5.74, 6) is 1.57. The van der Waals surface area contributed by atoms with Crippen LogP contribution in [0.15, 0.2) is 23.3 Å². The van der Waals surface area contributed by atoms with Gasteiger partial charge in [-0.1, -0.05) is 0 Å². The molecule has 0 atom stereocenters. The molecular weight excluding hydrogens is 384 g/mol. The molecule has 1 aliphatic heterocycles. The predicted octanol–water partition coefficient (Wildman–Crippen LogP) is 0.138. The van der Waals surface area contributed by atoms with E-state index in [0.29, 0.717) is 18.9 Å². The van der Waals surface area contributed by atoms with Crippen molar-refractivity contribution in [3.05, 3.63) is 45.8 Å². The third-order valence-corrected chi connectivity index (χ3v) is 5.93. The summed E-state index contributed by atoms with van der Waals surface area (Å²) < 4.78 is 8.66. The molecule has 0 saturated carbocycles. The molecule has 0 spiro atoms. The number of fused-ring (bicyclic) bond motifs is 2. The summed E-state index contributed by atoms with van der Waals surface area (Å²) in [6.07, 6.45) is 4.61. The Kier molecular flexibility index (Phi) is 5.17. The minimum absolute atomic E-state index is 0.0188. The van der Waals surface area contributed by atoms with Crippen LogP contribution in [0.1, 0.15) is 23.4 Å². The topological polar surface area (TPSA) is 93.7 Å². The first-order valence-electron chi connectivity index (χ1n) is 10.5. The SMILES string of the molecule is COCc1cc(N2CCN(CCn3nc4c(cc3=O)CCC4)CC2)n2ncnc2n1. The zero-order valence-corrected chi connectivity index (χ0v) is 17.2. The Morgan fingerprint density at radius 1 is 1.10 bits per heavy atom. The molecule has 3 aromatic heterocycles. The Morgan fingerprint density at radius 2 is 1.97 bits per heavy atom. The molecule has 3 aromatic rings. The summed E-state index contributed by atoms with van der Waals surface area (Å²) in [7, 11) is 1.66. The van der Waals surface area contributed by atoms with Crippen LogP contribution in [0, 0.1) is 0 Å². The lowest BCUT2D eigenvalue weighted by Gasteiger charge is -2.35. The van der Waals surface area contributed by atoms with Crippen LogP contribution >= 0.6 is 0 Å². The van der Waals surface area contributed by atoms with E-state index in [1.165, 1.54) is 6.33 Å². The number of anilines is 1. The highest BCUT2D eigenvalue weighted by molar-refractivity contribution is 5.47. The van der Waals surface area contributed by atoms with Crippen molar-refractivity contribution in [2.45, 2.75) is 32.4 Å². The van der Waals surface area contributed by atoms with Gasteiger partial charge in [0.2, 0.25) is 0 Å². The smallest absolute Gasteiger partial charge is 0.267 e. The van der Waals surface area contributed by atoms with Crippen molar-refractivity contribution < 1.29 is 4.74 Å². The number of nitrogens with zero attached hydrogens (tertiary/aromatic N) is 8. The molecule has 2 aliphatic rings. The van der Waals surface area contributed by atoms with Gasteiger partial charge in [-0.2, -0.15) is 19.7 Å². The number of ether oxygens (including phenoxy) is 1. The monoisotopic (exact) mass is 410 g/mol. The Morgan fingerprint density at radius 3 is 2.80 bits per heavy atom. The van der Waals surface area contributed by atoms with E-state index in [4.69, 9.17) is 4.74 Å². The van der Waals surface area contributed by atoms with E-state index >= 15 is 0 Å². The number of aryl methyl sites for hydroxylation is 2. The molecule has 1 aliphatic carbocycles. The quantitative estimate of drug-likeness (QED) is 0.567. The minimum Gasteiger partial charge on any atom is -0.378 e. The zero-order chi connectivity index (χ0) is 20.5. The molecule has 4 heterocycles. The van der Waals surface area contributed by atoms with Gasteiger partial charge in [-0.25, -0.2) is 9.67 Å². The average Bonchev–Trinajstić information content (AvgIpc) is 3.41. The van der Waals surface area contributed by atoms with Crippen LogP contribution in [0.2, 0.25) is 0 Å². The molecule has 5 rings (SSSR count). The summed E-state index contributed by atoms with van der Waals surface area (Å²) in [5, 5.41) is 8.91. The van der Waals surface area contributed by atoms with Crippen molar-refractivity contribution in [2.24, 2.45) is 0 Å². The Labute approximate surface area is 174 Å². The van der Waals surface area contributed by atoms with Crippen LogP contribution in [0.3, 0.4) is 0 Å². The fraction of sp³-hybridized carbons (Fsp3) is 0.550. The largest absolute Gasteiger partial charge is 0.378 e. The van der Waals surface area contributed by atoms with Crippen LogP contribution in [0.25, 0.3) is 5.78 Å². The molecule has 0 bridgehead atoms. The fourth-order valence-corrected chi connectivity index (χ4v) is 4.33. The first-order chi connectivity index (χ1) is 14.7. The summed E-state index contributed by atoms with van der Waals surface area (Å²) in [5.41, 5.74) is 3.10. The van der Waals surface area contributed by atoms with E-state index in [0.717, 1.165) is 74.8 Å². The van der Waals surface area contributed by atoms with Crippen LogP contribution < -0.4 is 10.5 Å². The van der Waals surface area contributed by atoms with E-state index in [2.05, 4.69) is 30.0 Å². The first-order valence-corrected chi connectivity index (χ1v) is 10.5. The van der Waals surface area contributed by atoms with Crippen molar-refractivity contribution >= 4 is 11.6 Å². The lowest BCUT2D eigenvalue weighted by molar-refractivity contribution is 0.181. The van der Waals surface area contributed by atoms with E-state index in [1.807, 2.05) is 6.07 Å². The van der Waals surface area contributed by atoms with Crippen LogP contribution in [-0.4, -0.2) is 74.1 Å². The highest BCUT2D eigenvalue weighted by atomic mass is 16.5. The lowest BCUT2D eigenvalue weighted by Crippen LogP contribution is -2.48. The van der Waals surface area contributed by atoms with Gasteiger partial charge in [0.15, 0.2) is 0 Å². The Bertz CT molecular complexity index is 1100. The second-order valence-electron chi connectivity index (χ2n) is 7.87. The number of rotatable bonds is 6. The first kappa shape index (κ1) is 19.1. The number of hydrogen-bond acceptors (Lipinski definition) is 8. The van der Waals surface area contributed by atoms with Gasteiger partial charge in [0.25, 0.3) is 11.3 Å². The van der Waals surface area contributed by atoms with E-state index < -0.39 is 0 Å². The number of aromatic nitrogens is 6. The molecule has 10 nitrogen and oxygen atoms in total.